The molecule has 0 aromatic carbocycles. The van der Waals surface area contributed by atoms with Crippen LogP contribution >= 0.6 is 0 Å². The van der Waals surface area contributed by atoms with Crippen LogP contribution < -0.4 is 5.32 Å². The summed E-state index contributed by atoms with van der Waals surface area (Å²) in [6, 6.07) is 3.48. The molecule has 2 rings (SSSR count). The fourth-order valence-electron chi connectivity index (χ4n) is 1.64. The first-order chi connectivity index (χ1) is 10.9. The van der Waals surface area contributed by atoms with E-state index in [2.05, 4.69) is 32.5 Å². The first-order valence-electron chi connectivity index (χ1n) is 7.21. The van der Waals surface area contributed by atoms with Crippen LogP contribution in [0.25, 0.3) is 0 Å². The van der Waals surface area contributed by atoms with Crippen molar-refractivity contribution in [3.8, 4) is 11.8 Å². The first kappa shape index (κ1) is 16.5. The predicted molar refractivity (Wildman–Crippen MR) is 85.6 cm³/mol. The second-order valence-corrected chi connectivity index (χ2v) is 5.78. The fraction of sp³-hybridized carbons (Fsp3) is 0.375. The first-order valence-corrected chi connectivity index (χ1v) is 7.21. The molecule has 0 bridgehead atoms. The number of amides is 1. The Balaban J connectivity index is 1.83. The van der Waals surface area contributed by atoms with Gasteiger partial charge in [-0.05, 0) is 32.9 Å². The maximum Gasteiger partial charge on any atom is 0.413 e. The fourth-order valence-corrected chi connectivity index (χ4v) is 1.64. The van der Waals surface area contributed by atoms with Crippen LogP contribution in [0.4, 0.5) is 10.6 Å². The van der Waals surface area contributed by atoms with Gasteiger partial charge >= 0.3 is 6.09 Å². The van der Waals surface area contributed by atoms with E-state index < -0.39 is 11.7 Å². The van der Waals surface area contributed by atoms with Crippen molar-refractivity contribution in [3.05, 3.63) is 36.3 Å². The molecule has 2 aromatic rings. The number of nitrogens with one attached hydrogen (secondary N) is 1. The Hall–Kier alpha value is -2.88. The molecule has 0 aliphatic heterocycles. The number of rotatable bonds is 3. The van der Waals surface area contributed by atoms with Gasteiger partial charge in [0.25, 0.3) is 0 Å². The van der Waals surface area contributed by atoms with Crippen LogP contribution in [0.1, 0.15) is 32.8 Å². The lowest BCUT2D eigenvalue weighted by molar-refractivity contribution is 0.0635. The van der Waals surface area contributed by atoms with E-state index in [1.165, 1.54) is 0 Å². The minimum absolute atomic E-state index is 0.424. The van der Waals surface area contributed by atoms with Crippen LogP contribution in [-0.2, 0) is 11.3 Å². The summed E-state index contributed by atoms with van der Waals surface area (Å²) in [6.45, 7) is 6.10. The van der Waals surface area contributed by atoms with Gasteiger partial charge in [0, 0.05) is 24.4 Å². The Labute approximate surface area is 135 Å². The van der Waals surface area contributed by atoms with Gasteiger partial charge in [0.05, 0.1) is 12.7 Å². The smallest absolute Gasteiger partial charge is 0.413 e. The summed E-state index contributed by atoms with van der Waals surface area (Å²) in [5.41, 5.74) is 0.234. The maximum absolute atomic E-state index is 11.6. The summed E-state index contributed by atoms with van der Waals surface area (Å²) in [4.78, 5) is 15.8. The van der Waals surface area contributed by atoms with Crippen LogP contribution in [0.15, 0.2) is 30.7 Å². The number of ether oxygens (including phenoxy) is 1. The highest BCUT2D eigenvalue weighted by atomic mass is 16.6. The molecule has 0 radical (unpaired) electrons. The van der Waals surface area contributed by atoms with Gasteiger partial charge in [0.15, 0.2) is 0 Å². The SMILES string of the molecule is CC(C)(C)OC(=O)Nc1ccc(C#CCCn2ccnn2)cn1. The highest BCUT2D eigenvalue weighted by molar-refractivity contribution is 5.83. The lowest BCUT2D eigenvalue weighted by Gasteiger charge is -2.19. The second-order valence-electron chi connectivity index (χ2n) is 5.78. The standard InChI is InChI=1S/C16H19N5O2/c1-16(2,3)23-15(22)19-14-8-7-13(12-17-14)6-4-5-10-21-11-9-18-20-21/h7-9,11-12H,5,10H2,1-3H3,(H,17,19,22). The monoisotopic (exact) mass is 313 g/mol. The zero-order valence-corrected chi connectivity index (χ0v) is 13.4. The summed E-state index contributed by atoms with van der Waals surface area (Å²) in [5.74, 6) is 6.47. The van der Waals surface area contributed by atoms with Crippen molar-refractivity contribution in [2.45, 2.75) is 39.3 Å². The van der Waals surface area contributed by atoms with Gasteiger partial charge in [-0.25, -0.2) is 9.78 Å². The molecule has 0 saturated heterocycles. The molecule has 0 aliphatic rings. The van der Waals surface area contributed by atoms with Crippen LogP contribution in [-0.4, -0.2) is 31.7 Å². The summed E-state index contributed by atoms with van der Waals surface area (Å²) >= 11 is 0. The van der Waals surface area contributed by atoms with Crippen LogP contribution in [0.5, 0.6) is 0 Å². The Morgan fingerprint density at radius 3 is 2.83 bits per heavy atom. The predicted octanol–water partition coefficient (Wildman–Crippen LogP) is 2.46. The minimum atomic E-state index is -0.542. The maximum atomic E-state index is 11.6. The largest absolute Gasteiger partial charge is 0.444 e. The zero-order valence-electron chi connectivity index (χ0n) is 13.4. The van der Waals surface area contributed by atoms with Crippen molar-refractivity contribution in [2.24, 2.45) is 0 Å². The molecule has 1 amide bonds. The van der Waals surface area contributed by atoms with Crippen molar-refractivity contribution in [3.63, 3.8) is 0 Å². The third-order valence-electron chi connectivity index (χ3n) is 2.56. The van der Waals surface area contributed by atoms with Crippen molar-refractivity contribution in [2.75, 3.05) is 5.32 Å². The number of pyridine rings is 1. The Morgan fingerprint density at radius 1 is 1.39 bits per heavy atom. The quantitative estimate of drug-likeness (QED) is 0.880. The number of carbonyl (C=O) groups is 1. The molecule has 0 aliphatic carbocycles. The van der Waals surface area contributed by atoms with E-state index in [-0.39, 0.29) is 0 Å². The van der Waals surface area contributed by atoms with Gasteiger partial charge in [-0.1, -0.05) is 17.1 Å². The number of nitrogens with zero attached hydrogens (tertiary/aromatic N) is 4. The third-order valence-corrected chi connectivity index (χ3v) is 2.56. The molecule has 1 N–H and O–H groups in total. The van der Waals surface area contributed by atoms with Gasteiger partial charge in [-0.2, -0.15) is 0 Å². The molecule has 23 heavy (non-hydrogen) atoms. The van der Waals surface area contributed by atoms with Gasteiger partial charge in [0.1, 0.15) is 11.4 Å². The Bertz CT molecular complexity index is 691. The highest BCUT2D eigenvalue weighted by Crippen LogP contribution is 2.10. The summed E-state index contributed by atoms with van der Waals surface area (Å²) < 4.78 is 6.88. The molecule has 0 fully saturated rings. The number of hydrogen-bond donors (Lipinski definition) is 1. The van der Waals surface area contributed by atoms with Gasteiger partial charge in [0.2, 0.25) is 0 Å². The summed E-state index contributed by atoms with van der Waals surface area (Å²) in [7, 11) is 0. The molecular weight excluding hydrogens is 294 g/mol. The number of carbonyl (C=O) groups excluding carboxylic acids is 1. The van der Waals surface area contributed by atoms with E-state index in [4.69, 9.17) is 4.74 Å². The molecule has 0 unspecified atom stereocenters. The molecular formula is C16H19N5O2. The lowest BCUT2D eigenvalue weighted by Crippen LogP contribution is -2.27. The van der Waals surface area contributed by atoms with Gasteiger partial charge in [-0.15, -0.1) is 5.10 Å². The van der Waals surface area contributed by atoms with Crippen LogP contribution in [0.2, 0.25) is 0 Å². The van der Waals surface area contributed by atoms with Crippen molar-refractivity contribution >= 4 is 11.9 Å². The second kappa shape index (κ2) is 7.40. The van der Waals surface area contributed by atoms with Crippen molar-refractivity contribution in [1.29, 1.82) is 0 Å². The zero-order chi connectivity index (χ0) is 16.7. The van der Waals surface area contributed by atoms with Gasteiger partial charge < -0.3 is 4.74 Å². The van der Waals surface area contributed by atoms with E-state index in [9.17, 15) is 4.79 Å². The highest BCUT2D eigenvalue weighted by Gasteiger charge is 2.16. The number of hydrogen-bond acceptors (Lipinski definition) is 5. The van der Waals surface area contributed by atoms with E-state index in [0.29, 0.717) is 18.8 Å². The molecule has 120 valence electrons. The molecule has 2 aromatic heterocycles. The number of anilines is 1. The molecule has 2 heterocycles. The van der Waals surface area contributed by atoms with E-state index in [0.717, 1.165) is 5.56 Å². The van der Waals surface area contributed by atoms with Crippen LogP contribution in [0, 0.1) is 11.8 Å². The number of aryl methyl sites for hydroxylation is 1. The van der Waals surface area contributed by atoms with Crippen molar-refractivity contribution < 1.29 is 9.53 Å². The number of aromatic nitrogens is 4. The average molecular weight is 313 g/mol. The molecule has 0 saturated carbocycles. The van der Waals surface area contributed by atoms with E-state index in [1.54, 1.807) is 56.2 Å². The molecule has 7 nitrogen and oxygen atoms in total. The third kappa shape index (κ3) is 6.18. The van der Waals surface area contributed by atoms with E-state index >= 15 is 0 Å². The Morgan fingerprint density at radius 2 is 2.22 bits per heavy atom. The summed E-state index contributed by atoms with van der Waals surface area (Å²) in [6.07, 6.45) is 5.17. The lowest BCUT2D eigenvalue weighted by atomic mass is 10.2. The van der Waals surface area contributed by atoms with E-state index in [1.807, 2.05) is 0 Å². The normalized spacial score (nSPS) is 10.6. The molecule has 7 heteroatoms. The average Bonchev–Trinajstić information content (AvgIpc) is 2.96. The topological polar surface area (TPSA) is 81.9 Å². The van der Waals surface area contributed by atoms with Crippen LogP contribution in [0.3, 0.4) is 0 Å². The molecule has 0 atom stereocenters. The minimum Gasteiger partial charge on any atom is -0.444 e. The Kier molecular flexibility index (Phi) is 5.31. The van der Waals surface area contributed by atoms with Crippen molar-refractivity contribution in [1.82, 2.24) is 20.0 Å². The van der Waals surface area contributed by atoms with Gasteiger partial charge in [-0.3, -0.25) is 10.00 Å². The summed E-state index contributed by atoms with van der Waals surface area (Å²) in [5, 5.41) is 10.2. The molecule has 0 spiro atoms.